The number of hydrogen-bond donors (Lipinski definition) is 1. The molecule has 1 aromatic heterocycles. The highest BCUT2D eigenvalue weighted by Gasteiger charge is 2.40. The standard InChI is InChI=1S/C9H14N5O13P3/c1-4-3-14(9(16)11-7(4)15)6-2-5(12-13-10)8(24-6)25-29(20,21)27-30(22,23)26-28(17,18)19/h3,5-6,8H,2H2,1H3,(H,20,21)(H,22,23)(H,11,15,16)(H2,17,18,19)/p-4/t5-,6-,8-/m1/s1. The second-order valence-corrected chi connectivity index (χ2v) is 9.76. The zero-order valence-corrected chi connectivity index (χ0v) is 17.1. The van der Waals surface area contributed by atoms with Crippen molar-refractivity contribution in [2.24, 2.45) is 5.11 Å². The van der Waals surface area contributed by atoms with E-state index in [1.165, 1.54) is 6.92 Å². The zero-order valence-electron chi connectivity index (χ0n) is 14.5. The van der Waals surface area contributed by atoms with Crippen LogP contribution in [0.3, 0.4) is 0 Å². The summed E-state index contributed by atoms with van der Waals surface area (Å²) in [6, 6.07) is -1.44. The lowest BCUT2D eigenvalue weighted by atomic mass is 10.2. The fourth-order valence-electron chi connectivity index (χ4n) is 2.27. The first kappa shape index (κ1) is 24.6. The first-order valence-corrected chi connectivity index (χ1v) is 11.8. The van der Waals surface area contributed by atoms with Gasteiger partial charge in [-0.15, -0.1) is 0 Å². The summed E-state index contributed by atoms with van der Waals surface area (Å²) in [4.78, 5) is 71.3. The molecule has 30 heavy (non-hydrogen) atoms. The van der Waals surface area contributed by atoms with Crippen LogP contribution in [0.4, 0.5) is 0 Å². The van der Waals surface area contributed by atoms with Crippen molar-refractivity contribution in [3.8, 4) is 0 Å². The maximum absolute atomic E-state index is 11.9. The molecule has 0 radical (unpaired) electrons. The minimum atomic E-state index is -6.21. The number of aryl methyl sites for hydroxylation is 1. The van der Waals surface area contributed by atoms with Gasteiger partial charge in [0.1, 0.15) is 6.23 Å². The molecule has 1 aliphatic heterocycles. The van der Waals surface area contributed by atoms with Gasteiger partial charge in [0.05, 0.1) is 13.9 Å². The summed E-state index contributed by atoms with van der Waals surface area (Å²) in [6.07, 6.45) is -2.65. The van der Waals surface area contributed by atoms with Crippen molar-refractivity contribution in [2.45, 2.75) is 31.9 Å². The summed E-state index contributed by atoms with van der Waals surface area (Å²) in [7, 11) is -18.4. The van der Waals surface area contributed by atoms with E-state index in [9.17, 15) is 42.9 Å². The number of rotatable bonds is 8. The average Bonchev–Trinajstić information content (AvgIpc) is 2.89. The summed E-state index contributed by atoms with van der Waals surface area (Å²) < 4.78 is 50.0. The van der Waals surface area contributed by atoms with E-state index in [-0.39, 0.29) is 12.0 Å². The monoisotopic (exact) mass is 489 g/mol. The lowest BCUT2D eigenvalue weighted by molar-refractivity contribution is -0.339. The number of H-pyrrole nitrogens is 1. The van der Waals surface area contributed by atoms with E-state index < -0.39 is 53.3 Å². The number of aromatic nitrogens is 2. The maximum atomic E-state index is 11.9. The van der Waals surface area contributed by atoms with Crippen molar-refractivity contribution in [3.05, 3.63) is 43.0 Å². The summed E-state index contributed by atoms with van der Waals surface area (Å²) in [5.41, 5.74) is 7.00. The van der Waals surface area contributed by atoms with Crippen molar-refractivity contribution in [1.82, 2.24) is 9.55 Å². The molecule has 1 aromatic rings. The van der Waals surface area contributed by atoms with Crippen LogP contribution in [0.2, 0.25) is 0 Å². The Balaban J connectivity index is 2.24. The third kappa shape index (κ3) is 6.68. The van der Waals surface area contributed by atoms with Crippen LogP contribution in [0.15, 0.2) is 20.9 Å². The largest absolute Gasteiger partial charge is 0.790 e. The van der Waals surface area contributed by atoms with Gasteiger partial charge in [-0.25, -0.2) is 9.11 Å². The van der Waals surface area contributed by atoms with Crippen LogP contribution in [0.1, 0.15) is 18.2 Å². The number of nitrogens with zero attached hydrogens (tertiary/aromatic N) is 4. The second kappa shape index (κ2) is 8.85. The summed E-state index contributed by atoms with van der Waals surface area (Å²) in [6.45, 7) is 1.35. The number of ether oxygens (including phenoxy) is 1. The number of azide groups is 1. The molecule has 2 unspecified atom stereocenters. The Bertz CT molecular complexity index is 1120. The van der Waals surface area contributed by atoms with Crippen molar-refractivity contribution in [2.75, 3.05) is 0 Å². The predicted molar refractivity (Wildman–Crippen MR) is 83.6 cm³/mol. The van der Waals surface area contributed by atoms with Crippen LogP contribution in [-0.4, -0.2) is 21.9 Å². The van der Waals surface area contributed by atoms with E-state index >= 15 is 0 Å². The molecule has 21 heteroatoms. The van der Waals surface area contributed by atoms with Crippen LogP contribution < -0.4 is 30.8 Å². The third-order valence-corrected chi connectivity index (χ3v) is 7.00. The molecule has 2 heterocycles. The predicted octanol–water partition coefficient (Wildman–Crippen LogP) is -2.42. The summed E-state index contributed by atoms with van der Waals surface area (Å²) >= 11 is 0. The number of phosphoric ester groups is 1. The van der Waals surface area contributed by atoms with E-state index in [0.29, 0.717) is 0 Å². The van der Waals surface area contributed by atoms with E-state index in [4.69, 9.17) is 10.3 Å². The van der Waals surface area contributed by atoms with Gasteiger partial charge < -0.3 is 28.9 Å². The molecule has 5 atom stereocenters. The lowest BCUT2D eigenvalue weighted by Crippen LogP contribution is -2.33. The second-order valence-electron chi connectivity index (χ2n) is 5.56. The van der Waals surface area contributed by atoms with Gasteiger partial charge in [0.25, 0.3) is 21.2 Å². The molecular weight excluding hydrogens is 479 g/mol. The molecule has 1 N–H and O–H groups in total. The van der Waals surface area contributed by atoms with Gasteiger partial charge in [-0.3, -0.25) is 32.3 Å². The minimum Gasteiger partial charge on any atom is -0.790 e. The molecular formula is C9H10N5O13P3-4. The molecule has 0 spiro atoms. The molecule has 0 bridgehead atoms. The van der Waals surface area contributed by atoms with Crippen molar-refractivity contribution < 1.29 is 51.2 Å². The fourth-order valence-corrected chi connectivity index (χ4v) is 5.21. The third-order valence-electron chi connectivity index (χ3n) is 3.34. The minimum absolute atomic E-state index is 0.0739. The molecule has 2 rings (SSSR count). The first-order valence-electron chi connectivity index (χ1n) is 7.39. The van der Waals surface area contributed by atoms with Gasteiger partial charge in [0.2, 0.25) is 0 Å². The first-order chi connectivity index (χ1) is 13.6. The SMILES string of the molecule is Cc1cn([C@H]2C[C@@H](N=[N+]=[N-])[C@@H](OP(=O)([O-])OP(=O)([O-])OP(=O)([O-])[O-])O2)c(=O)[nH]c1=O. The Morgan fingerprint density at radius 2 is 1.87 bits per heavy atom. The van der Waals surface area contributed by atoms with E-state index in [1.807, 2.05) is 4.98 Å². The van der Waals surface area contributed by atoms with Crippen molar-refractivity contribution >= 4 is 23.5 Å². The normalized spacial score (nSPS) is 25.8. The van der Waals surface area contributed by atoms with Crippen LogP contribution in [0.5, 0.6) is 0 Å². The summed E-state index contributed by atoms with van der Waals surface area (Å²) in [5, 5.41) is 3.20. The van der Waals surface area contributed by atoms with Gasteiger partial charge in [0, 0.05) is 23.1 Å². The van der Waals surface area contributed by atoms with E-state index in [0.717, 1.165) is 10.8 Å². The van der Waals surface area contributed by atoms with Crippen LogP contribution in [0.25, 0.3) is 10.4 Å². The highest BCUT2D eigenvalue weighted by molar-refractivity contribution is 7.64. The van der Waals surface area contributed by atoms with Crippen LogP contribution in [0, 0.1) is 6.92 Å². The molecule has 168 valence electrons. The number of aromatic amines is 1. The number of hydrogen-bond acceptors (Lipinski definition) is 14. The van der Waals surface area contributed by atoms with Gasteiger partial charge in [-0.2, -0.15) is 0 Å². The Morgan fingerprint density at radius 1 is 1.23 bits per heavy atom. The van der Waals surface area contributed by atoms with Crippen LogP contribution >= 0.6 is 23.5 Å². The molecule has 18 nitrogen and oxygen atoms in total. The highest BCUT2D eigenvalue weighted by atomic mass is 31.3. The Labute approximate surface area is 165 Å². The number of phosphoric acid groups is 3. The highest BCUT2D eigenvalue weighted by Crippen LogP contribution is 2.61. The smallest absolute Gasteiger partial charge is 0.330 e. The fraction of sp³-hybridized carbons (Fsp3) is 0.556. The lowest BCUT2D eigenvalue weighted by Gasteiger charge is -2.38. The Kier molecular flexibility index (Phi) is 7.26. The molecule has 0 saturated carbocycles. The Hall–Kier alpha value is -1.64. The van der Waals surface area contributed by atoms with Gasteiger partial charge in [-0.1, -0.05) is 5.11 Å². The maximum Gasteiger partial charge on any atom is 0.330 e. The molecule has 0 amide bonds. The molecule has 1 fully saturated rings. The van der Waals surface area contributed by atoms with E-state index in [1.54, 1.807) is 0 Å². The van der Waals surface area contributed by atoms with Gasteiger partial charge >= 0.3 is 5.69 Å². The molecule has 1 aliphatic rings. The number of nitrogens with one attached hydrogen (secondary N) is 1. The topological polar surface area (TPSA) is 284 Å². The van der Waals surface area contributed by atoms with Gasteiger partial charge in [0.15, 0.2) is 6.29 Å². The average molecular weight is 489 g/mol. The molecule has 1 saturated heterocycles. The van der Waals surface area contributed by atoms with Gasteiger partial charge in [-0.05, 0) is 12.5 Å². The summed E-state index contributed by atoms with van der Waals surface area (Å²) in [5.74, 6) is 0. The zero-order chi connectivity index (χ0) is 22.9. The molecule has 0 aromatic carbocycles. The van der Waals surface area contributed by atoms with Crippen molar-refractivity contribution in [3.63, 3.8) is 0 Å². The van der Waals surface area contributed by atoms with E-state index in [2.05, 4.69) is 23.2 Å². The van der Waals surface area contributed by atoms with Crippen molar-refractivity contribution in [1.29, 1.82) is 0 Å². The molecule has 0 aliphatic carbocycles. The Morgan fingerprint density at radius 3 is 2.43 bits per heavy atom. The van der Waals surface area contributed by atoms with Crippen LogP contribution in [-0.2, 0) is 31.6 Å². The quantitative estimate of drug-likeness (QED) is 0.172.